The van der Waals surface area contributed by atoms with Crippen molar-refractivity contribution in [3.05, 3.63) is 52.0 Å². The highest BCUT2D eigenvalue weighted by atomic mass is 16.6. The van der Waals surface area contributed by atoms with Crippen molar-refractivity contribution in [1.82, 2.24) is 20.1 Å². The van der Waals surface area contributed by atoms with Crippen molar-refractivity contribution in [2.75, 3.05) is 5.32 Å². The molecule has 0 saturated carbocycles. The maximum absolute atomic E-state index is 11.2. The van der Waals surface area contributed by atoms with Gasteiger partial charge in [-0.25, -0.2) is 4.68 Å². The van der Waals surface area contributed by atoms with Crippen LogP contribution in [-0.2, 0) is 10.5 Å². The quantitative estimate of drug-likeness (QED) is 0.654. The van der Waals surface area contributed by atoms with E-state index in [9.17, 15) is 14.9 Å². The largest absolute Gasteiger partial charge is 0.364 e. The van der Waals surface area contributed by atoms with Gasteiger partial charge in [0, 0.05) is 30.8 Å². The molecule has 1 unspecified atom stereocenters. The minimum absolute atomic E-state index is 0.0103. The Bertz CT molecular complexity index is 828. The SMILES string of the molecule is CC(=O)Nc1nc2n(n1)C(C)(c1cccc([N+](=O)[O-])c1)NC=C2. The molecular formula is C14H14N6O3. The maximum Gasteiger partial charge on any atom is 0.269 e. The molecule has 9 nitrogen and oxygen atoms in total. The fourth-order valence-electron chi connectivity index (χ4n) is 2.44. The summed E-state index contributed by atoms with van der Waals surface area (Å²) in [7, 11) is 0. The van der Waals surface area contributed by atoms with Crippen LogP contribution in [-0.4, -0.2) is 25.6 Å². The Labute approximate surface area is 131 Å². The van der Waals surface area contributed by atoms with Crippen LogP contribution in [0.5, 0.6) is 0 Å². The molecule has 1 atom stereocenters. The highest BCUT2D eigenvalue weighted by Gasteiger charge is 2.34. The Balaban J connectivity index is 2.08. The lowest BCUT2D eigenvalue weighted by Crippen LogP contribution is -2.46. The van der Waals surface area contributed by atoms with Gasteiger partial charge >= 0.3 is 0 Å². The second kappa shape index (κ2) is 5.20. The lowest BCUT2D eigenvalue weighted by atomic mass is 10.00. The van der Waals surface area contributed by atoms with Crippen LogP contribution in [0.1, 0.15) is 25.2 Å². The lowest BCUT2D eigenvalue weighted by molar-refractivity contribution is -0.385. The number of carbonyl (C=O) groups is 1. The summed E-state index contributed by atoms with van der Waals surface area (Å²) in [5.41, 5.74) is -0.222. The predicted octanol–water partition coefficient (Wildman–Crippen LogP) is 1.44. The molecule has 1 aliphatic heterocycles. The first-order valence-corrected chi connectivity index (χ1v) is 6.84. The first-order chi connectivity index (χ1) is 10.9. The number of amides is 1. The van der Waals surface area contributed by atoms with Crippen LogP contribution in [0.4, 0.5) is 11.6 Å². The Morgan fingerprint density at radius 3 is 2.96 bits per heavy atom. The molecule has 118 valence electrons. The Hall–Kier alpha value is -3.23. The van der Waals surface area contributed by atoms with E-state index in [-0.39, 0.29) is 17.5 Å². The average Bonchev–Trinajstić information content (AvgIpc) is 2.90. The molecule has 2 heterocycles. The number of nitro benzene ring substituents is 1. The van der Waals surface area contributed by atoms with E-state index in [0.717, 1.165) is 0 Å². The Morgan fingerprint density at radius 2 is 2.26 bits per heavy atom. The summed E-state index contributed by atoms with van der Waals surface area (Å²) in [5, 5.41) is 21.0. The van der Waals surface area contributed by atoms with Crippen molar-refractivity contribution in [1.29, 1.82) is 0 Å². The molecule has 1 aromatic carbocycles. The van der Waals surface area contributed by atoms with Crippen molar-refractivity contribution >= 4 is 23.6 Å². The number of fused-ring (bicyclic) bond motifs is 1. The topological polar surface area (TPSA) is 115 Å². The minimum Gasteiger partial charge on any atom is -0.364 e. The zero-order chi connectivity index (χ0) is 16.6. The van der Waals surface area contributed by atoms with Gasteiger partial charge in [0.05, 0.1) is 4.92 Å². The highest BCUT2D eigenvalue weighted by Crippen LogP contribution is 2.30. The first kappa shape index (κ1) is 14.7. The van der Waals surface area contributed by atoms with E-state index in [1.54, 1.807) is 29.1 Å². The standard InChI is InChI=1S/C14H14N6O3/c1-9(21)16-13-17-12-6-7-15-14(2,19(12)18-13)10-4-3-5-11(8-10)20(22)23/h3-8,15H,1-2H3,(H,16,18,21). The van der Waals surface area contributed by atoms with Gasteiger partial charge in [0.15, 0.2) is 11.5 Å². The van der Waals surface area contributed by atoms with Gasteiger partial charge in [-0.15, -0.1) is 5.10 Å². The van der Waals surface area contributed by atoms with Crippen LogP contribution in [0.15, 0.2) is 30.5 Å². The molecule has 1 aliphatic rings. The molecule has 2 aromatic rings. The fraction of sp³-hybridized carbons (Fsp3) is 0.214. The first-order valence-electron chi connectivity index (χ1n) is 6.84. The second-order valence-electron chi connectivity index (χ2n) is 5.24. The van der Waals surface area contributed by atoms with Crippen LogP contribution in [0.3, 0.4) is 0 Å². The molecule has 0 bridgehead atoms. The van der Waals surface area contributed by atoms with Gasteiger partial charge in [-0.3, -0.25) is 20.2 Å². The van der Waals surface area contributed by atoms with Crippen LogP contribution >= 0.6 is 0 Å². The number of nitrogens with zero attached hydrogens (tertiary/aromatic N) is 4. The van der Waals surface area contributed by atoms with Gasteiger partial charge in [0.1, 0.15) is 0 Å². The predicted molar refractivity (Wildman–Crippen MR) is 82.3 cm³/mol. The van der Waals surface area contributed by atoms with Crippen molar-refractivity contribution in [3.8, 4) is 0 Å². The van der Waals surface area contributed by atoms with Gasteiger partial charge in [0.2, 0.25) is 11.9 Å². The molecule has 3 rings (SSSR count). The van der Waals surface area contributed by atoms with E-state index >= 15 is 0 Å². The summed E-state index contributed by atoms with van der Waals surface area (Å²) in [4.78, 5) is 25.9. The van der Waals surface area contributed by atoms with Crippen molar-refractivity contribution in [2.24, 2.45) is 0 Å². The normalized spacial score (nSPS) is 18.9. The molecule has 0 spiro atoms. The number of benzene rings is 1. The summed E-state index contributed by atoms with van der Waals surface area (Å²) in [6, 6.07) is 6.29. The third-order valence-corrected chi connectivity index (χ3v) is 3.56. The molecule has 0 radical (unpaired) electrons. The van der Waals surface area contributed by atoms with Gasteiger partial charge in [-0.05, 0) is 13.0 Å². The number of carbonyl (C=O) groups excluding carboxylic acids is 1. The molecule has 1 amide bonds. The van der Waals surface area contributed by atoms with E-state index in [4.69, 9.17) is 0 Å². The average molecular weight is 314 g/mol. The molecular weight excluding hydrogens is 300 g/mol. The van der Waals surface area contributed by atoms with Crippen LogP contribution in [0.2, 0.25) is 0 Å². The number of nitro groups is 1. The summed E-state index contributed by atoms with van der Waals surface area (Å²) in [6.45, 7) is 3.19. The summed E-state index contributed by atoms with van der Waals surface area (Å²) < 4.78 is 1.58. The molecule has 1 aromatic heterocycles. The van der Waals surface area contributed by atoms with E-state index in [1.165, 1.54) is 19.1 Å². The number of hydrogen-bond donors (Lipinski definition) is 2. The third-order valence-electron chi connectivity index (χ3n) is 3.56. The minimum atomic E-state index is -0.861. The highest BCUT2D eigenvalue weighted by molar-refractivity contribution is 5.86. The molecule has 0 saturated heterocycles. The molecule has 2 N–H and O–H groups in total. The van der Waals surface area contributed by atoms with E-state index < -0.39 is 10.6 Å². The van der Waals surface area contributed by atoms with Crippen molar-refractivity contribution in [2.45, 2.75) is 19.5 Å². The van der Waals surface area contributed by atoms with Crippen LogP contribution in [0, 0.1) is 10.1 Å². The van der Waals surface area contributed by atoms with Gasteiger partial charge in [-0.2, -0.15) is 4.98 Å². The van der Waals surface area contributed by atoms with Crippen LogP contribution in [0.25, 0.3) is 6.08 Å². The smallest absolute Gasteiger partial charge is 0.269 e. The Morgan fingerprint density at radius 1 is 1.48 bits per heavy atom. The van der Waals surface area contributed by atoms with Crippen molar-refractivity contribution in [3.63, 3.8) is 0 Å². The fourth-order valence-corrected chi connectivity index (χ4v) is 2.44. The van der Waals surface area contributed by atoms with E-state index in [2.05, 4.69) is 20.7 Å². The zero-order valence-electron chi connectivity index (χ0n) is 12.5. The van der Waals surface area contributed by atoms with Crippen LogP contribution < -0.4 is 10.6 Å². The molecule has 0 fully saturated rings. The summed E-state index contributed by atoms with van der Waals surface area (Å²) in [5.74, 6) is 0.431. The van der Waals surface area contributed by atoms with Gasteiger partial charge in [0.25, 0.3) is 5.69 Å². The number of aromatic nitrogens is 3. The number of nitrogens with one attached hydrogen (secondary N) is 2. The van der Waals surface area contributed by atoms with E-state index in [1.807, 2.05) is 6.92 Å². The zero-order valence-corrected chi connectivity index (χ0v) is 12.5. The summed E-state index contributed by atoms with van der Waals surface area (Å²) in [6.07, 6.45) is 3.40. The van der Waals surface area contributed by atoms with Gasteiger partial charge in [-0.1, -0.05) is 12.1 Å². The number of anilines is 1. The Kier molecular flexibility index (Phi) is 3.32. The molecule has 23 heavy (non-hydrogen) atoms. The maximum atomic E-state index is 11.2. The third kappa shape index (κ3) is 2.52. The molecule has 0 aliphatic carbocycles. The number of rotatable bonds is 3. The lowest BCUT2D eigenvalue weighted by Gasteiger charge is -2.33. The monoisotopic (exact) mass is 314 g/mol. The number of non-ortho nitro benzene ring substituents is 1. The second-order valence-corrected chi connectivity index (χ2v) is 5.24. The van der Waals surface area contributed by atoms with Crippen molar-refractivity contribution < 1.29 is 9.72 Å². The molecule has 9 heteroatoms. The van der Waals surface area contributed by atoms with Gasteiger partial charge < -0.3 is 5.32 Å². The summed E-state index contributed by atoms with van der Waals surface area (Å²) >= 11 is 0. The number of hydrogen-bond acceptors (Lipinski definition) is 6. The van der Waals surface area contributed by atoms with E-state index in [0.29, 0.717) is 11.4 Å².